The number of nitrogens with zero attached hydrogens (tertiary/aromatic N) is 3. The zero-order chi connectivity index (χ0) is 11.8. The molecule has 1 aliphatic heterocycles. The highest BCUT2D eigenvalue weighted by Crippen LogP contribution is 2.37. The van der Waals surface area contributed by atoms with Crippen LogP contribution in [-0.4, -0.2) is 28.0 Å². The number of halogens is 1. The van der Waals surface area contributed by atoms with E-state index in [9.17, 15) is 4.39 Å². The molecule has 0 spiro atoms. The molecule has 2 heterocycles. The van der Waals surface area contributed by atoms with Crippen molar-refractivity contribution in [1.29, 1.82) is 0 Å². The van der Waals surface area contributed by atoms with Crippen LogP contribution in [0.2, 0.25) is 0 Å². The number of nitrogen functional groups attached to an aromatic ring is 1. The number of hydrogen-bond acceptors (Lipinski definition) is 4. The molecule has 0 saturated carbocycles. The number of nitrogens with two attached hydrogens (primary N) is 1. The number of anilines is 1. The lowest BCUT2D eigenvalue weighted by molar-refractivity contribution is 0.227. The second kappa shape index (κ2) is 3.73. The number of aromatic nitrogens is 3. The van der Waals surface area contributed by atoms with Gasteiger partial charge in [-0.2, -0.15) is 0 Å². The third-order valence-corrected chi connectivity index (χ3v) is 2.85. The quantitative estimate of drug-likeness (QED) is 0.758. The minimum Gasteiger partial charge on any atom is -0.488 e. The van der Waals surface area contributed by atoms with E-state index in [1.165, 1.54) is 6.33 Å². The number of hydrogen-bond donors (Lipinski definition) is 1. The molecule has 1 aromatic heterocycles. The molecule has 0 aliphatic carbocycles. The summed E-state index contributed by atoms with van der Waals surface area (Å²) in [5.41, 5.74) is 7.12. The van der Waals surface area contributed by atoms with E-state index in [1.54, 1.807) is 10.6 Å². The maximum atomic E-state index is 13.0. The van der Waals surface area contributed by atoms with Crippen LogP contribution in [0.5, 0.6) is 5.75 Å². The molecule has 17 heavy (non-hydrogen) atoms. The van der Waals surface area contributed by atoms with Gasteiger partial charge in [0.15, 0.2) is 11.6 Å². The molecule has 0 bridgehead atoms. The van der Waals surface area contributed by atoms with Gasteiger partial charge in [0.25, 0.3) is 0 Å². The molecule has 3 rings (SSSR count). The number of rotatable bonds is 1. The predicted molar refractivity (Wildman–Crippen MR) is 60.4 cm³/mol. The first-order valence-electron chi connectivity index (χ1n) is 5.28. The summed E-state index contributed by atoms with van der Waals surface area (Å²) < 4.78 is 20.2. The Bertz CT molecular complexity index is 554. The fourth-order valence-corrected chi connectivity index (χ4v) is 1.97. The van der Waals surface area contributed by atoms with Gasteiger partial charge in [-0.1, -0.05) is 6.07 Å². The van der Waals surface area contributed by atoms with Crippen LogP contribution in [0.25, 0.3) is 11.4 Å². The highest BCUT2D eigenvalue weighted by molar-refractivity contribution is 5.73. The van der Waals surface area contributed by atoms with E-state index < -0.39 is 12.7 Å². The molecular weight excluding hydrogens is 223 g/mol. The number of ether oxygens (including phenoxy) is 1. The second-order valence-electron chi connectivity index (χ2n) is 3.90. The van der Waals surface area contributed by atoms with E-state index in [0.29, 0.717) is 17.3 Å². The standard InChI is InChI=1S/C11H11FN4O/c12-4-7-5-17-10-8(2-1-3-9(10)13)11-15-14-6-16(7)11/h1-3,6-7H,4-5,13H2/t7-/m0/s1. The van der Waals surface area contributed by atoms with Gasteiger partial charge in [0, 0.05) is 0 Å². The topological polar surface area (TPSA) is 66.0 Å². The Morgan fingerprint density at radius 2 is 2.41 bits per heavy atom. The number of fused-ring (bicyclic) bond motifs is 3. The normalized spacial score (nSPS) is 17.8. The van der Waals surface area contributed by atoms with Gasteiger partial charge >= 0.3 is 0 Å². The average Bonchev–Trinajstić information content (AvgIpc) is 2.75. The Labute approximate surface area is 97.0 Å². The van der Waals surface area contributed by atoms with Crippen molar-refractivity contribution in [3.63, 3.8) is 0 Å². The van der Waals surface area contributed by atoms with Crippen molar-refractivity contribution in [2.75, 3.05) is 19.0 Å². The Morgan fingerprint density at radius 3 is 3.24 bits per heavy atom. The van der Waals surface area contributed by atoms with Crippen LogP contribution in [-0.2, 0) is 0 Å². The van der Waals surface area contributed by atoms with Crippen LogP contribution in [0.15, 0.2) is 24.5 Å². The first-order valence-corrected chi connectivity index (χ1v) is 5.28. The fraction of sp³-hybridized carbons (Fsp3) is 0.273. The third kappa shape index (κ3) is 1.44. The van der Waals surface area contributed by atoms with Crippen molar-refractivity contribution in [1.82, 2.24) is 14.8 Å². The summed E-state index contributed by atoms with van der Waals surface area (Å²) in [4.78, 5) is 0. The van der Waals surface area contributed by atoms with Crippen molar-refractivity contribution >= 4 is 5.69 Å². The summed E-state index contributed by atoms with van der Waals surface area (Å²) in [7, 11) is 0. The maximum absolute atomic E-state index is 13.0. The molecule has 0 unspecified atom stereocenters. The highest BCUT2D eigenvalue weighted by Gasteiger charge is 2.25. The van der Waals surface area contributed by atoms with Crippen molar-refractivity contribution in [3.05, 3.63) is 24.5 Å². The number of benzene rings is 1. The lowest BCUT2D eigenvalue weighted by atomic mass is 10.1. The smallest absolute Gasteiger partial charge is 0.168 e. The van der Waals surface area contributed by atoms with Gasteiger partial charge < -0.3 is 15.0 Å². The van der Waals surface area contributed by atoms with Gasteiger partial charge in [0.2, 0.25) is 0 Å². The maximum Gasteiger partial charge on any atom is 0.168 e. The van der Waals surface area contributed by atoms with Crippen molar-refractivity contribution in [2.24, 2.45) is 0 Å². The molecule has 1 aliphatic rings. The van der Waals surface area contributed by atoms with Gasteiger partial charge in [-0.25, -0.2) is 4.39 Å². The molecule has 0 fully saturated rings. The molecule has 1 aromatic carbocycles. The van der Waals surface area contributed by atoms with Crippen LogP contribution in [0, 0.1) is 0 Å². The monoisotopic (exact) mass is 234 g/mol. The van der Waals surface area contributed by atoms with Crippen LogP contribution >= 0.6 is 0 Å². The Kier molecular flexibility index (Phi) is 2.21. The van der Waals surface area contributed by atoms with E-state index in [2.05, 4.69) is 10.2 Å². The van der Waals surface area contributed by atoms with Gasteiger partial charge in [-0.05, 0) is 12.1 Å². The van der Waals surface area contributed by atoms with Crippen LogP contribution in [0.4, 0.5) is 10.1 Å². The van der Waals surface area contributed by atoms with Gasteiger partial charge in [-0.15, -0.1) is 10.2 Å². The lowest BCUT2D eigenvalue weighted by Gasteiger charge is -2.12. The molecule has 2 N–H and O–H groups in total. The van der Waals surface area contributed by atoms with Gasteiger partial charge in [0.05, 0.1) is 17.3 Å². The minimum atomic E-state index is -0.529. The highest BCUT2D eigenvalue weighted by atomic mass is 19.1. The van der Waals surface area contributed by atoms with Crippen LogP contribution in [0.3, 0.4) is 0 Å². The average molecular weight is 234 g/mol. The molecule has 88 valence electrons. The molecule has 0 saturated heterocycles. The largest absolute Gasteiger partial charge is 0.488 e. The summed E-state index contributed by atoms with van der Waals surface area (Å²) in [6.07, 6.45) is 1.52. The summed E-state index contributed by atoms with van der Waals surface area (Å²) in [6, 6.07) is 4.99. The van der Waals surface area contributed by atoms with Gasteiger partial charge in [0.1, 0.15) is 19.6 Å². The Morgan fingerprint density at radius 1 is 1.53 bits per heavy atom. The van der Waals surface area contributed by atoms with E-state index in [-0.39, 0.29) is 6.61 Å². The fourth-order valence-electron chi connectivity index (χ4n) is 1.97. The molecule has 1 atom stereocenters. The summed E-state index contributed by atoms with van der Waals surface area (Å²) in [5, 5.41) is 7.83. The molecule has 0 amide bonds. The molecule has 2 aromatic rings. The summed E-state index contributed by atoms with van der Waals surface area (Å²) >= 11 is 0. The first kappa shape index (κ1) is 10.1. The first-order chi connectivity index (χ1) is 8.31. The SMILES string of the molecule is Nc1cccc2c1OC[C@H](CF)n1cnnc1-2. The van der Waals surface area contributed by atoms with Crippen LogP contribution < -0.4 is 10.5 Å². The molecule has 0 radical (unpaired) electrons. The summed E-state index contributed by atoms with van der Waals surface area (Å²) in [6.45, 7) is -0.304. The lowest BCUT2D eigenvalue weighted by Crippen LogP contribution is -2.17. The zero-order valence-electron chi connectivity index (χ0n) is 9.01. The van der Waals surface area contributed by atoms with E-state index >= 15 is 0 Å². The molecule has 5 nitrogen and oxygen atoms in total. The van der Waals surface area contributed by atoms with Crippen molar-refractivity contribution in [3.8, 4) is 17.1 Å². The molecular formula is C11H11FN4O. The van der Waals surface area contributed by atoms with E-state index in [0.717, 1.165) is 5.56 Å². The van der Waals surface area contributed by atoms with E-state index in [4.69, 9.17) is 10.5 Å². The van der Waals surface area contributed by atoms with Crippen LogP contribution in [0.1, 0.15) is 6.04 Å². The minimum absolute atomic E-state index is 0.225. The van der Waals surface area contributed by atoms with E-state index in [1.807, 2.05) is 12.1 Å². The Balaban J connectivity index is 2.23. The zero-order valence-corrected chi connectivity index (χ0v) is 9.01. The predicted octanol–water partition coefficient (Wildman–Crippen LogP) is 1.43. The second-order valence-corrected chi connectivity index (χ2v) is 3.90. The Hall–Kier alpha value is -2.11. The number of para-hydroxylation sites is 1. The van der Waals surface area contributed by atoms with Gasteiger partial charge in [-0.3, -0.25) is 0 Å². The van der Waals surface area contributed by atoms with Crippen molar-refractivity contribution in [2.45, 2.75) is 6.04 Å². The summed E-state index contributed by atoms with van der Waals surface area (Å²) in [5.74, 6) is 1.14. The third-order valence-electron chi connectivity index (χ3n) is 2.85. The molecule has 6 heteroatoms. The number of alkyl halides is 1. The van der Waals surface area contributed by atoms with Crippen molar-refractivity contribution < 1.29 is 9.13 Å².